The van der Waals surface area contributed by atoms with Crippen LogP contribution in [-0.4, -0.2) is 16.5 Å². The van der Waals surface area contributed by atoms with E-state index in [0.717, 1.165) is 23.1 Å². The Morgan fingerprint density at radius 1 is 1.33 bits per heavy atom. The molecule has 1 aromatic carbocycles. The number of benzene rings is 1. The van der Waals surface area contributed by atoms with Crippen LogP contribution in [0.25, 0.3) is 0 Å². The van der Waals surface area contributed by atoms with E-state index in [1.54, 1.807) is 11.8 Å². The van der Waals surface area contributed by atoms with Gasteiger partial charge in [0.2, 0.25) is 0 Å². The third-order valence-corrected chi connectivity index (χ3v) is 4.60. The van der Waals surface area contributed by atoms with Crippen molar-refractivity contribution in [2.75, 3.05) is 5.75 Å². The fourth-order valence-electron chi connectivity index (χ4n) is 1.95. The van der Waals surface area contributed by atoms with Crippen LogP contribution in [0, 0.1) is 0 Å². The van der Waals surface area contributed by atoms with Crippen LogP contribution in [0.5, 0.6) is 0 Å². The molecule has 1 nitrogen and oxygen atoms in total. The molecule has 0 unspecified atom stereocenters. The third-order valence-electron chi connectivity index (χ3n) is 2.84. The number of hydrogen-bond acceptors (Lipinski definition) is 2. The molecular formula is C12H15BrOS. The molecule has 0 aliphatic heterocycles. The van der Waals surface area contributed by atoms with Crippen molar-refractivity contribution in [3.05, 3.63) is 28.7 Å². The fraction of sp³-hybridized carbons (Fsp3) is 0.500. The van der Waals surface area contributed by atoms with Crippen molar-refractivity contribution in [3.63, 3.8) is 0 Å². The van der Waals surface area contributed by atoms with E-state index in [-0.39, 0.29) is 0 Å². The van der Waals surface area contributed by atoms with Crippen LogP contribution in [0.15, 0.2) is 33.6 Å². The van der Waals surface area contributed by atoms with Gasteiger partial charge in [0.15, 0.2) is 0 Å². The van der Waals surface area contributed by atoms with Crippen LogP contribution in [0.2, 0.25) is 0 Å². The molecule has 1 fully saturated rings. The van der Waals surface area contributed by atoms with Crippen molar-refractivity contribution in [1.82, 2.24) is 0 Å². The van der Waals surface area contributed by atoms with Crippen molar-refractivity contribution in [3.8, 4) is 0 Å². The SMILES string of the molecule is OC1(CSc2cccc(Br)c2)CCCC1. The summed E-state index contributed by atoms with van der Waals surface area (Å²) in [5, 5.41) is 10.2. The minimum Gasteiger partial charge on any atom is -0.389 e. The molecule has 0 atom stereocenters. The number of hydrogen-bond donors (Lipinski definition) is 1. The van der Waals surface area contributed by atoms with Crippen molar-refractivity contribution < 1.29 is 5.11 Å². The molecule has 0 heterocycles. The summed E-state index contributed by atoms with van der Waals surface area (Å²) < 4.78 is 1.10. The van der Waals surface area contributed by atoms with Gasteiger partial charge >= 0.3 is 0 Å². The highest BCUT2D eigenvalue weighted by Crippen LogP contribution is 2.35. The van der Waals surface area contributed by atoms with E-state index in [0.29, 0.717) is 0 Å². The van der Waals surface area contributed by atoms with E-state index in [9.17, 15) is 5.11 Å². The molecule has 0 aromatic heterocycles. The van der Waals surface area contributed by atoms with Gasteiger partial charge in [0.1, 0.15) is 0 Å². The maximum atomic E-state index is 10.2. The van der Waals surface area contributed by atoms with Crippen LogP contribution in [-0.2, 0) is 0 Å². The molecule has 1 saturated carbocycles. The Bertz CT molecular complexity index is 334. The molecule has 0 spiro atoms. The predicted octanol–water partition coefficient (Wildman–Crippen LogP) is 3.85. The lowest BCUT2D eigenvalue weighted by Crippen LogP contribution is -2.26. The normalized spacial score (nSPS) is 19.3. The lowest BCUT2D eigenvalue weighted by molar-refractivity contribution is 0.0732. The Morgan fingerprint density at radius 2 is 2.07 bits per heavy atom. The van der Waals surface area contributed by atoms with Gasteiger partial charge in [-0.1, -0.05) is 34.8 Å². The van der Waals surface area contributed by atoms with E-state index in [1.165, 1.54) is 17.7 Å². The second-order valence-electron chi connectivity index (χ2n) is 4.18. The lowest BCUT2D eigenvalue weighted by Gasteiger charge is -2.21. The maximum Gasteiger partial charge on any atom is 0.0741 e. The monoisotopic (exact) mass is 286 g/mol. The van der Waals surface area contributed by atoms with Gasteiger partial charge in [0, 0.05) is 15.1 Å². The molecule has 15 heavy (non-hydrogen) atoms. The van der Waals surface area contributed by atoms with Gasteiger partial charge in [-0.25, -0.2) is 0 Å². The molecule has 1 aromatic rings. The average Bonchev–Trinajstić information content (AvgIpc) is 2.63. The van der Waals surface area contributed by atoms with Crippen LogP contribution in [0.1, 0.15) is 25.7 Å². The molecule has 3 heteroatoms. The maximum absolute atomic E-state index is 10.2. The summed E-state index contributed by atoms with van der Waals surface area (Å²) >= 11 is 5.20. The molecule has 0 amide bonds. The number of aliphatic hydroxyl groups is 1. The Morgan fingerprint density at radius 3 is 2.73 bits per heavy atom. The second kappa shape index (κ2) is 4.89. The second-order valence-corrected chi connectivity index (χ2v) is 6.14. The van der Waals surface area contributed by atoms with E-state index in [2.05, 4.69) is 28.1 Å². The summed E-state index contributed by atoms with van der Waals surface area (Å²) in [4.78, 5) is 1.23. The van der Waals surface area contributed by atoms with Crippen LogP contribution >= 0.6 is 27.7 Å². The number of halogens is 1. The highest BCUT2D eigenvalue weighted by molar-refractivity contribution is 9.10. The zero-order valence-electron chi connectivity index (χ0n) is 8.58. The van der Waals surface area contributed by atoms with Crippen LogP contribution < -0.4 is 0 Å². The van der Waals surface area contributed by atoms with Crippen molar-refractivity contribution in [1.29, 1.82) is 0 Å². The van der Waals surface area contributed by atoms with E-state index < -0.39 is 5.60 Å². The van der Waals surface area contributed by atoms with Gasteiger partial charge < -0.3 is 5.11 Å². The zero-order chi connectivity index (χ0) is 10.7. The Hall–Kier alpha value is 0.01000. The lowest BCUT2D eigenvalue weighted by atomic mass is 10.1. The van der Waals surface area contributed by atoms with Gasteiger partial charge in [-0.3, -0.25) is 0 Å². The number of rotatable bonds is 3. The highest BCUT2D eigenvalue weighted by atomic mass is 79.9. The molecular weight excluding hydrogens is 272 g/mol. The molecule has 82 valence electrons. The molecule has 1 aliphatic rings. The Kier molecular flexibility index (Phi) is 3.75. The quantitative estimate of drug-likeness (QED) is 0.852. The minimum atomic E-state index is -0.410. The predicted molar refractivity (Wildman–Crippen MR) is 68.3 cm³/mol. The fourth-order valence-corrected chi connectivity index (χ4v) is 3.61. The molecule has 1 aliphatic carbocycles. The third kappa shape index (κ3) is 3.23. The Labute approximate surface area is 103 Å². The Balaban J connectivity index is 1.92. The van der Waals surface area contributed by atoms with E-state index in [1.807, 2.05) is 12.1 Å². The summed E-state index contributed by atoms with van der Waals surface area (Å²) in [5.41, 5.74) is -0.410. The van der Waals surface area contributed by atoms with E-state index in [4.69, 9.17) is 0 Å². The van der Waals surface area contributed by atoms with Gasteiger partial charge in [-0.15, -0.1) is 11.8 Å². The summed E-state index contributed by atoms with van der Waals surface area (Å²) in [5.74, 6) is 0.823. The van der Waals surface area contributed by atoms with Crippen LogP contribution in [0.3, 0.4) is 0 Å². The first-order valence-electron chi connectivity index (χ1n) is 5.29. The minimum absolute atomic E-state index is 0.410. The summed E-state index contributed by atoms with van der Waals surface area (Å²) in [6.45, 7) is 0. The molecule has 0 saturated heterocycles. The van der Waals surface area contributed by atoms with Gasteiger partial charge in [0.25, 0.3) is 0 Å². The average molecular weight is 287 g/mol. The molecule has 2 rings (SSSR count). The van der Waals surface area contributed by atoms with Gasteiger partial charge in [-0.2, -0.15) is 0 Å². The largest absolute Gasteiger partial charge is 0.389 e. The summed E-state index contributed by atoms with van der Waals surface area (Å²) in [7, 11) is 0. The van der Waals surface area contributed by atoms with Crippen LogP contribution in [0.4, 0.5) is 0 Å². The van der Waals surface area contributed by atoms with Gasteiger partial charge in [-0.05, 0) is 31.0 Å². The molecule has 0 bridgehead atoms. The number of thioether (sulfide) groups is 1. The van der Waals surface area contributed by atoms with E-state index >= 15 is 0 Å². The van der Waals surface area contributed by atoms with Crippen molar-refractivity contribution in [2.24, 2.45) is 0 Å². The molecule has 0 radical (unpaired) electrons. The first kappa shape index (κ1) is 11.5. The van der Waals surface area contributed by atoms with Gasteiger partial charge in [0.05, 0.1) is 5.60 Å². The first-order valence-corrected chi connectivity index (χ1v) is 7.07. The highest BCUT2D eigenvalue weighted by Gasteiger charge is 2.30. The zero-order valence-corrected chi connectivity index (χ0v) is 11.0. The first-order chi connectivity index (χ1) is 7.18. The van der Waals surface area contributed by atoms with Crippen molar-refractivity contribution >= 4 is 27.7 Å². The topological polar surface area (TPSA) is 20.2 Å². The standard InChI is InChI=1S/C12H15BrOS/c13-10-4-3-5-11(8-10)15-9-12(14)6-1-2-7-12/h3-5,8,14H,1-2,6-7,9H2. The summed E-state index contributed by atoms with van der Waals surface area (Å²) in [6.07, 6.45) is 4.28. The van der Waals surface area contributed by atoms with Crippen molar-refractivity contribution in [2.45, 2.75) is 36.2 Å². The summed E-state index contributed by atoms with van der Waals surface area (Å²) in [6, 6.07) is 8.25. The smallest absolute Gasteiger partial charge is 0.0741 e. The molecule has 1 N–H and O–H groups in total.